The number of hydrogen-bond donors (Lipinski definition) is 0. The zero-order chi connectivity index (χ0) is 41.0. The van der Waals surface area contributed by atoms with Crippen LogP contribution in [-0.4, -0.2) is 37.2 Å². The minimum absolute atomic E-state index is 0.0630. The van der Waals surface area contributed by atoms with Gasteiger partial charge in [-0.25, -0.2) is 0 Å². The minimum atomic E-state index is -0.759. The molecular weight excluding hydrogens is 697 g/mol. The first-order valence-corrected chi connectivity index (χ1v) is 24.9. The lowest BCUT2D eigenvalue weighted by Gasteiger charge is -2.18. The highest BCUT2D eigenvalue weighted by atomic mass is 16.6. The van der Waals surface area contributed by atoms with Crippen molar-refractivity contribution in [2.75, 3.05) is 13.2 Å². The van der Waals surface area contributed by atoms with Gasteiger partial charge >= 0.3 is 17.9 Å². The average Bonchev–Trinajstić information content (AvgIpc) is 3.18. The van der Waals surface area contributed by atoms with Gasteiger partial charge in [0, 0.05) is 19.3 Å². The number of esters is 3. The highest BCUT2D eigenvalue weighted by Crippen LogP contribution is 2.17. The van der Waals surface area contributed by atoms with E-state index >= 15 is 0 Å². The van der Waals surface area contributed by atoms with Crippen molar-refractivity contribution < 1.29 is 28.6 Å². The molecule has 6 nitrogen and oxygen atoms in total. The second kappa shape index (κ2) is 44.5. The van der Waals surface area contributed by atoms with Gasteiger partial charge in [-0.3, -0.25) is 14.4 Å². The summed E-state index contributed by atoms with van der Waals surface area (Å²) in [6.45, 7) is 9.01. The molecule has 0 aliphatic rings. The van der Waals surface area contributed by atoms with Crippen LogP contribution in [-0.2, 0) is 28.6 Å². The molecule has 0 amide bonds. The Hall–Kier alpha value is -1.59. The third kappa shape index (κ3) is 43.5. The Morgan fingerprint density at radius 2 is 0.589 bits per heavy atom. The van der Waals surface area contributed by atoms with E-state index in [9.17, 15) is 14.4 Å². The van der Waals surface area contributed by atoms with Crippen molar-refractivity contribution in [1.82, 2.24) is 0 Å². The number of ether oxygens (including phenoxy) is 3. The SMILES string of the molecule is CCCCCCCCCCCCCCC(=O)OC[C@H](COC(=O)CCCCCCCCCCCC)OC(=O)CCCCCCCCCCCCCCCC(C)C. The monoisotopic (exact) mass is 793 g/mol. The van der Waals surface area contributed by atoms with Crippen LogP contribution in [0.1, 0.15) is 278 Å². The normalized spacial score (nSPS) is 11.9. The third-order valence-corrected chi connectivity index (χ3v) is 11.3. The number of unbranched alkanes of at least 4 members (excludes halogenated alkanes) is 32. The molecule has 0 aliphatic carbocycles. The van der Waals surface area contributed by atoms with Gasteiger partial charge in [-0.2, -0.15) is 0 Å². The molecule has 0 bridgehead atoms. The fourth-order valence-corrected chi connectivity index (χ4v) is 7.51. The summed E-state index contributed by atoms with van der Waals surface area (Å²) in [5.41, 5.74) is 0. The van der Waals surface area contributed by atoms with Crippen molar-refractivity contribution in [3.8, 4) is 0 Å². The van der Waals surface area contributed by atoms with Gasteiger partial charge in [0.15, 0.2) is 6.10 Å². The molecule has 0 aromatic carbocycles. The Kier molecular flexibility index (Phi) is 43.2. The van der Waals surface area contributed by atoms with E-state index in [1.165, 1.54) is 173 Å². The van der Waals surface area contributed by atoms with Crippen molar-refractivity contribution >= 4 is 17.9 Å². The predicted octanol–water partition coefficient (Wildman–Crippen LogP) is 15.9. The van der Waals surface area contributed by atoms with E-state index in [0.717, 1.165) is 63.7 Å². The summed E-state index contributed by atoms with van der Waals surface area (Å²) in [4.78, 5) is 37.8. The third-order valence-electron chi connectivity index (χ3n) is 11.3. The van der Waals surface area contributed by atoms with Gasteiger partial charge in [-0.1, -0.05) is 240 Å². The first kappa shape index (κ1) is 54.4. The van der Waals surface area contributed by atoms with E-state index in [4.69, 9.17) is 14.2 Å². The first-order chi connectivity index (χ1) is 27.4. The molecule has 0 N–H and O–H groups in total. The largest absolute Gasteiger partial charge is 0.462 e. The lowest BCUT2D eigenvalue weighted by atomic mass is 10.0. The average molecular weight is 793 g/mol. The highest BCUT2D eigenvalue weighted by molar-refractivity contribution is 5.71. The van der Waals surface area contributed by atoms with E-state index in [1.54, 1.807) is 0 Å². The molecule has 0 fully saturated rings. The second-order valence-corrected chi connectivity index (χ2v) is 17.6. The molecule has 0 aromatic heterocycles. The molecule has 0 saturated heterocycles. The highest BCUT2D eigenvalue weighted by Gasteiger charge is 2.19. The smallest absolute Gasteiger partial charge is 0.306 e. The number of carbonyl (C=O) groups is 3. The summed E-state index contributed by atoms with van der Waals surface area (Å²) in [5.74, 6) is -0.0102. The van der Waals surface area contributed by atoms with Crippen LogP contribution in [0.25, 0.3) is 0 Å². The molecule has 332 valence electrons. The van der Waals surface area contributed by atoms with Crippen LogP contribution in [0.15, 0.2) is 0 Å². The van der Waals surface area contributed by atoms with Gasteiger partial charge in [0.05, 0.1) is 0 Å². The van der Waals surface area contributed by atoms with Crippen LogP contribution in [0.2, 0.25) is 0 Å². The van der Waals surface area contributed by atoms with E-state index in [1.807, 2.05) is 0 Å². The molecule has 0 aliphatic heterocycles. The van der Waals surface area contributed by atoms with Crippen LogP contribution in [0.5, 0.6) is 0 Å². The van der Waals surface area contributed by atoms with Gasteiger partial charge in [-0.05, 0) is 25.2 Å². The summed E-state index contributed by atoms with van der Waals surface area (Å²) >= 11 is 0. The Balaban J connectivity index is 4.29. The summed E-state index contributed by atoms with van der Waals surface area (Å²) in [7, 11) is 0. The molecule has 0 spiro atoms. The Labute approximate surface area is 348 Å². The standard InChI is InChI=1S/C50H96O6/c1-5-7-9-11-13-15-17-22-26-30-34-38-42-49(52)55-45-47(44-54-48(51)41-37-33-29-25-16-14-12-10-8-6-2)56-50(53)43-39-35-31-27-23-20-18-19-21-24-28-32-36-40-46(3)4/h46-47H,5-45H2,1-4H3/t47-/m0/s1. The zero-order valence-electron chi connectivity index (χ0n) is 38.1. The number of carbonyl (C=O) groups excluding carboxylic acids is 3. The lowest BCUT2D eigenvalue weighted by Crippen LogP contribution is -2.30. The predicted molar refractivity (Wildman–Crippen MR) is 238 cm³/mol. The fourth-order valence-electron chi connectivity index (χ4n) is 7.51. The van der Waals surface area contributed by atoms with Crippen molar-refractivity contribution in [3.05, 3.63) is 0 Å². The summed E-state index contributed by atoms with van der Waals surface area (Å²) in [6, 6.07) is 0. The topological polar surface area (TPSA) is 78.9 Å². The van der Waals surface area contributed by atoms with Crippen LogP contribution in [0, 0.1) is 5.92 Å². The van der Waals surface area contributed by atoms with Crippen molar-refractivity contribution in [3.63, 3.8) is 0 Å². The minimum Gasteiger partial charge on any atom is -0.462 e. The fraction of sp³-hybridized carbons (Fsp3) is 0.940. The van der Waals surface area contributed by atoms with Crippen LogP contribution >= 0.6 is 0 Å². The molecule has 1 atom stereocenters. The van der Waals surface area contributed by atoms with Crippen molar-refractivity contribution in [1.29, 1.82) is 0 Å². The second-order valence-electron chi connectivity index (χ2n) is 17.6. The molecule has 56 heavy (non-hydrogen) atoms. The van der Waals surface area contributed by atoms with Crippen LogP contribution in [0.4, 0.5) is 0 Å². The van der Waals surface area contributed by atoms with Crippen LogP contribution in [0.3, 0.4) is 0 Å². The maximum Gasteiger partial charge on any atom is 0.306 e. The van der Waals surface area contributed by atoms with Crippen molar-refractivity contribution in [2.24, 2.45) is 5.92 Å². The Bertz CT molecular complexity index is 841. The summed E-state index contributed by atoms with van der Waals surface area (Å²) in [5, 5.41) is 0. The van der Waals surface area contributed by atoms with Gasteiger partial charge < -0.3 is 14.2 Å². The van der Waals surface area contributed by atoms with Crippen molar-refractivity contribution in [2.45, 2.75) is 284 Å². The number of hydrogen-bond acceptors (Lipinski definition) is 6. The summed E-state index contributed by atoms with van der Waals surface area (Å²) < 4.78 is 16.8. The maximum absolute atomic E-state index is 12.8. The molecule has 0 aromatic rings. The quantitative estimate of drug-likeness (QED) is 0.0347. The molecule has 0 heterocycles. The van der Waals surface area contributed by atoms with Gasteiger partial charge in [0.2, 0.25) is 0 Å². The molecule has 0 saturated carbocycles. The number of rotatable bonds is 45. The van der Waals surface area contributed by atoms with E-state index in [0.29, 0.717) is 19.3 Å². The van der Waals surface area contributed by atoms with Gasteiger partial charge in [0.25, 0.3) is 0 Å². The van der Waals surface area contributed by atoms with Gasteiger partial charge in [-0.15, -0.1) is 0 Å². The van der Waals surface area contributed by atoms with Gasteiger partial charge in [0.1, 0.15) is 13.2 Å². The molecular formula is C50H96O6. The van der Waals surface area contributed by atoms with E-state index in [-0.39, 0.29) is 31.1 Å². The molecule has 0 radical (unpaired) electrons. The Morgan fingerprint density at radius 1 is 0.339 bits per heavy atom. The molecule has 0 rings (SSSR count). The first-order valence-electron chi connectivity index (χ1n) is 24.9. The van der Waals surface area contributed by atoms with E-state index < -0.39 is 6.10 Å². The maximum atomic E-state index is 12.8. The van der Waals surface area contributed by atoms with Crippen LogP contribution < -0.4 is 0 Å². The molecule has 6 heteroatoms. The Morgan fingerprint density at radius 3 is 0.875 bits per heavy atom. The van der Waals surface area contributed by atoms with E-state index in [2.05, 4.69) is 27.7 Å². The lowest BCUT2D eigenvalue weighted by molar-refractivity contribution is -0.167. The molecule has 0 unspecified atom stereocenters. The zero-order valence-corrected chi connectivity index (χ0v) is 38.1. The summed E-state index contributed by atoms with van der Waals surface area (Å²) in [6.07, 6.45) is 45.1.